The van der Waals surface area contributed by atoms with Gasteiger partial charge in [-0.3, -0.25) is 14.2 Å². The average Bonchev–Trinajstić information content (AvgIpc) is 2.75. The number of rotatable bonds is 8. The van der Waals surface area contributed by atoms with Crippen molar-refractivity contribution in [1.29, 1.82) is 0 Å². The molecule has 0 saturated heterocycles. The number of carbonyl (C=O) groups excluding carboxylic acids is 1. The highest BCUT2D eigenvalue weighted by molar-refractivity contribution is 9.10. The highest BCUT2D eigenvalue weighted by Crippen LogP contribution is 2.29. The number of ether oxygens (including phenoxy) is 2. The van der Waals surface area contributed by atoms with Gasteiger partial charge in [-0.25, -0.2) is 4.98 Å². The first-order valence-corrected chi connectivity index (χ1v) is 10.3. The van der Waals surface area contributed by atoms with E-state index in [1.807, 2.05) is 24.3 Å². The molecule has 0 aliphatic rings. The summed E-state index contributed by atoms with van der Waals surface area (Å²) >= 11 is 3.50. The van der Waals surface area contributed by atoms with Crippen molar-refractivity contribution in [3.63, 3.8) is 0 Å². The predicted octanol–water partition coefficient (Wildman–Crippen LogP) is 3.62. The monoisotopic (exact) mass is 473 g/mol. The Labute approximate surface area is 183 Å². The number of aromatic nitrogens is 2. The van der Waals surface area contributed by atoms with Crippen molar-refractivity contribution in [2.75, 3.05) is 21.3 Å². The number of amides is 1. The molecule has 0 radical (unpaired) electrons. The van der Waals surface area contributed by atoms with Crippen LogP contribution in [-0.2, 0) is 17.9 Å². The number of fused-ring (bicyclic) bond motifs is 1. The van der Waals surface area contributed by atoms with E-state index >= 15 is 0 Å². The van der Waals surface area contributed by atoms with Crippen LogP contribution in [0.2, 0.25) is 0 Å². The molecule has 158 valence electrons. The van der Waals surface area contributed by atoms with Crippen LogP contribution in [0.25, 0.3) is 10.9 Å². The number of benzene rings is 2. The van der Waals surface area contributed by atoms with E-state index in [9.17, 15) is 9.59 Å². The lowest BCUT2D eigenvalue weighted by molar-refractivity contribution is -0.130. The lowest BCUT2D eigenvalue weighted by Crippen LogP contribution is -2.27. The SMILES string of the molecule is COc1cc2ncn(CCCC(=O)N(C)Cc3ccccc3Br)c(=O)c2cc1OC. The van der Waals surface area contributed by atoms with E-state index in [0.717, 1.165) is 10.0 Å². The molecule has 0 N–H and O–H groups in total. The second-order valence-corrected chi connectivity index (χ2v) is 7.77. The van der Waals surface area contributed by atoms with Crippen LogP contribution >= 0.6 is 15.9 Å². The van der Waals surface area contributed by atoms with Gasteiger partial charge in [-0.05, 0) is 24.1 Å². The summed E-state index contributed by atoms with van der Waals surface area (Å²) in [6, 6.07) is 11.1. The first kappa shape index (κ1) is 21.8. The minimum atomic E-state index is -0.171. The van der Waals surface area contributed by atoms with E-state index in [1.54, 1.807) is 24.1 Å². The standard InChI is InChI=1S/C22H24BrN3O4/c1-25(13-15-7-4-5-8-17(15)23)21(27)9-6-10-26-14-24-18-12-20(30-3)19(29-2)11-16(18)22(26)28/h4-5,7-8,11-12,14H,6,9-10,13H2,1-3H3. The Bertz CT molecular complexity index is 1110. The molecule has 3 rings (SSSR count). The third-order valence-corrected chi connectivity index (χ3v) is 5.68. The van der Waals surface area contributed by atoms with Gasteiger partial charge in [0.15, 0.2) is 11.5 Å². The predicted molar refractivity (Wildman–Crippen MR) is 119 cm³/mol. The van der Waals surface area contributed by atoms with Gasteiger partial charge in [0, 0.05) is 37.1 Å². The molecule has 0 aliphatic carbocycles. The number of hydrogen-bond acceptors (Lipinski definition) is 5. The number of nitrogens with zero attached hydrogens (tertiary/aromatic N) is 3. The van der Waals surface area contributed by atoms with E-state index in [-0.39, 0.29) is 11.5 Å². The van der Waals surface area contributed by atoms with Gasteiger partial charge in [0.05, 0.1) is 31.4 Å². The zero-order chi connectivity index (χ0) is 21.7. The van der Waals surface area contributed by atoms with Crippen LogP contribution in [0.1, 0.15) is 18.4 Å². The second kappa shape index (κ2) is 9.75. The number of carbonyl (C=O) groups is 1. The van der Waals surface area contributed by atoms with Crippen LogP contribution in [-0.4, -0.2) is 41.6 Å². The molecule has 0 spiro atoms. The van der Waals surface area contributed by atoms with Gasteiger partial charge in [0.25, 0.3) is 5.56 Å². The van der Waals surface area contributed by atoms with Gasteiger partial charge in [-0.2, -0.15) is 0 Å². The normalized spacial score (nSPS) is 10.8. The first-order valence-electron chi connectivity index (χ1n) is 9.53. The maximum absolute atomic E-state index is 12.8. The van der Waals surface area contributed by atoms with Gasteiger partial charge < -0.3 is 14.4 Å². The Morgan fingerprint density at radius 1 is 1.17 bits per heavy atom. The van der Waals surface area contributed by atoms with Gasteiger partial charge in [-0.15, -0.1) is 0 Å². The highest BCUT2D eigenvalue weighted by Gasteiger charge is 2.13. The zero-order valence-corrected chi connectivity index (χ0v) is 18.8. The molecule has 3 aromatic rings. The van der Waals surface area contributed by atoms with E-state index in [0.29, 0.717) is 48.3 Å². The Morgan fingerprint density at radius 3 is 2.57 bits per heavy atom. The zero-order valence-electron chi connectivity index (χ0n) is 17.2. The maximum Gasteiger partial charge on any atom is 0.261 e. The van der Waals surface area contributed by atoms with E-state index in [1.165, 1.54) is 25.1 Å². The topological polar surface area (TPSA) is 73.7 Å². The van der Waals surface area contributed by atoms with Crippen molar-refractivity contribution in [2.45, 2.75) is 25.9 Å². The lowest BCUT2D eigenvalue weighted by atomic mass is 10.2. The maximum atomic E-state index is 12.8. The summed E-state index contributed by atoms with van der Waals surface area (Å²) in [7, 11) is 4.84. The Balaban J connectivity index is 1.65. The molecule has 1 amide bonds. The van der Waals surface area contributed by atoms with Crippen molar-refractivity contribution in [2.24, 2.45) is 0 Å². The molecular formula is C22H24BrN3O4. The Morgan fingerprint density at radius 2 is 1.87 bits per heavy atom. The second-order valence-electron chi connectivity index (χ2n) is 6.91. The number of methoxy groups -OCH3 is 2. The third-order valence-electron chi connectivity index (χ3n) is 4.91. The summed E-state index contributed by atoms with van der Waals surface area (Å²) in [5, 5.41) is 0.451. The van der Waals surface area contributed by atoms with Gasteiger partial charge in [0.1, 0.15) is 0 Å². The Kier molecular flexibility index (Phi) is 7.10. The highest BCUT2D eigenvalue weighted by atomic mass is 79.9. The van der Waals surface area contributed by atoms with Crippen LogP contribution in [0.4, 0.5) is 0 Å². The molecule has 0 saturated carbocycles. The number of halogens is 1. The molecule has 2 aromatic carbocycles. The fraction of sp³-hybridized carbons (Fsp3) is 0.318. The molecule has 0 atom stereocenters. The summed E-state index contributed by atoms with van der Waals surface area (Å²) < 4.78 is 13.0. The fourth-order valence-corrected chi connectivity index (χ4v) is 3.62. The van der Waals surface area contributed by atoms with Gasteiger partial charge in [0.2, 0.25) is 5.91 Å². The van der Waals surface area contributed by atoms with Crippen LogP contribution in [0.3, 0.4) is 0 Å². The molecule has 1 heterocycles. The average molecular weight is 474 g/mol. The van der Waals surface area contributed by atoms with Crippen molar-refractivity contribution in [3.05, 3.63) is 63.1 Å². The minimum absolute atomic E-state index is 0.0268. The molecule has 0 unspecified atom stereocenters. The van der Waals surface area contributed by atoms with Crippen LogP contribution < -0.4 is 15.0 Å². The summed E-state index contributed by atoms with van der Waals surface area (Å²) in [4.78, 5) is 31.3. The molecule has 0 fully saturated rings. The summed E-state index contributed by atoms with van der Waals surface area (Å²) in [6.07, 6.45) is 2.39. The molecule has 30 heavy (non-hydrogen) atoms. The molecular weight excluding hydrogens is 450 g/mol. The van der Waals surface area contributed by atoms with Crippen molar-refractivity contribution in [3.8, 4) is 11.5 Å². The quantitative estimate of drug-likeness (QED) is 0.499. The number of aryl methyl sites for hydroxylation is 1. The van der Waals surface area contributed by atoms with Crippen LogP contribution in [0.5, 0.6) is 11.5 Å². The molecule has 0 bridgehead atoms. The van der Waals surface area contributed by atoms with Gasteiger partial charge >= 0.3 is 0 Å². The van der Waals surface area contributed by atoms with Gasteiger partial charge in [-0.1, -0.05) is 34.1 Å². The Hall–Kier alpha value is -2.87. The smallest absolute Gasteiger partial charge is 0.261 e. The number of hydrogen-bond donors (Lipinski definition) is 0. The molecule has 7 nitrogen and oxygen atoms in total. The summed E-state index contributed by atoms with van der Waals surface area (Å²) in [6.45, 7) is 0.935. The molecule has 8 heteroatoms. The van der Waals surface area contributed by atoms with Crippen LogP contribution in [0.15, 0.2) is 52.0 Å². The molecule has 1 aromatic heterocycles. The van der Waals surface area contributed by atoms with E-state index < -0.39 is 0 Å². The van der Waals surface area contributed by atoms with Crippen molar-refractivity contribution >= 4 is 32.7 Å². The van der Waals surface area contributed by atoms with Crippen molar-refractivity contribution in [1.82, 2.24) is 14.5 Å². The van der Waals surface area contributed by atoms with E-state index in [4.69, 9.17) is 9.47 Å². The van der Waals surface area contributed by atoms with Crippen molar-refractivity contribution < 1.29 is 14.3 Å². The summed E-state index contributed by atoms with van der Waals surface area (Å²) in [5.74, 6) is 1.03. The summed E-state index contributed by atoms with van der Waals surface area (Å²) in [5.41, 5.74) is 1.42. The largest absolute Gasteiger partial charge is 0.493 e. The minimum Gasteiger partial charge on any atom is -0.493 e. The lowest BCUT2D eigenvalue weighted by Gasteiger charge is -2.18. The third kappa shape index (κ3) is 4.81. The first-order chi connectivity index (χ1) is 14.4. The fourth-order valence-electron chi connectivity index (χ4n) is 3.21. The van der Waals surface area contributed by atoms with Crippen LogP contribution in [0, 0.1) is 0 Å². The van der Waals surface area contributed by atoms with E-state index in [2.05, 4.69) is 20.9 Å². The molecule has 0 aliphatic heterocycles.